The Morgan fingerprint density at radius 1 is 1.19 bits per heavy atom. The van der Waals surface area contributed by atoms with Crippen LogP contribution in [0.3, 0.4) is 0 Å². The van der Waals surface area contributed by atoms with Gasteiger partial charge in [0.25, 0.3) is 0 Å². The molecule has 0 radical (unpaired) electrons. The van der Waals surface area contributed by atoms with Crippen LogP contribution in [-0.2, 0) is 17.6 Å². The number of amides is 1. The number of ether oxygens (including phenoxy) is 1. The van der Waals surface area contributed by atoms with E-state index in [1.54, 1.807) is 6.20 Å². The van der Waals surface area contributed by atoms with Crippen molar-refractivity contribution >= 4 is 16.8 Å². The first-order valence-electron chi connectivity index (χ1n) is 10.9. The number of carbonyl (C=O) groups excluding carboxylic acids is 1. The summed E-state index contributed by atoms with van der Waals surface area (Å²) in [6.45, 7) is 6.41. The van der Waals surface area contributed by atoms with Gasteiger partial charge in [0.05, 0.1) is 30.0 Å². The Hall–Kier alpha value is -3.67. The molecule has 32 heavy (non-hydrogen) atoms. The van der Waals surface area contributed by atoms with E-state index in [1.807, 2.05) is 51.1 Å². The molecule has 0 saturated carbocycles. The summed E-state index contributed by atoms with van der Waals surface area (Å²) in [5.74, 6) is 0.877. The maximum atomic E-state index is 12.6. The Labute approximate surface area is 187 Å². The molecule has 0 saturated heterocycles. The van der Waals surface area contributed by atoms with Gasteiger partial charge in [-0.1, -0.05) is 18.2 Å². The van der Waals surface area contributed by atoms with Gasteiger partial charge in [-0.15, -0.1) is 0 Å². The lowest BCUT2D eigenvalue weighted by atomic mass is 10.0. The Morgan fingerprint density at radius 3 is 2.91 bits per heavy atom. The van der Waals surface area contributed by atoms with E-state index in [9.17, 15) is 4.79 Å². The van der Waals surface area contributed by atoms with E-state index in [0.29, 0.717) is 13.0 Å². The molecule has 1 atom stereocenters. The Bertz CT molecular complexity index is 1320. The van der Waals surface area contributed by atoms with E-state index >= 15 is 0 Å². The lowest BCUT2D eigenvalue weighted by Gasteiger charge is -2.12. The lowest BCUT2D eigenvalue weighted by Crippen LogP contribution is -2.35. The number of aryl methyl sites for hydroxylation is 3. The van der Waals surface area contributed by atoms with E-state index in [2.05, 4.69) is 32.4 Å². The molecule has 6 heteroatoms. The summed E-state index contributed by atoms with van der Waals surface area (Å²) < 4.78 is 6.07. The molecule has 5 rings (SSSR count). The molecule has 0 fully saturated rings. The van der Waals surface area contributed by atoms with Crippen molar-refractivity contribution in [2.45, 2.75) is 39.7 Å². The molecule has 2 aromatic heterocycles. The third kappa shape index (κ3) is 3.84. The number of hydrogen-bond donors (Lipinski definition) is 2. The van der Waals surface area contributed by atoms with Crippen LogP contribution in [0.1, 0.15) is 28.2 Å². The fraction of sp³-hybridized carbons (Fsp3) is 0.269. The second-order valence-electron chi connectivity index (χ2n) is 8.47. The summed E-state index contributed by atoms with van der Waals surface area (Å²) in [6.07, 6.45) is 2.82. The average Bonchev–Trinajstić information content (AvgIpc) is 3.34. The zero-order chi connectivity index (χ0) is 22.2. The monoisotopic (exact) mass is 426 g/mol. The van der Waals surface area contributed by atoms with Crippen molar-refractivity contribution in [3.63, 3.8) is 0 Å². The second-order valence-corrected chi connectivity index (χ2v) is 8.47. The fourth-order valence-corrected chi connectivity index (χ4v) is 4.41. The summed E-state index contributed by atoms with van der Waals surface area (Å²) in [5.41, 5.74) is 8.03. The number of rotatable bonds is 5. The van der Waals surface area contributed by atoms with Crippen LogP contribution < -0.4 is 10.1 Å². The molecule has 4 aromatic rings. The van der Waals surface area contributed by atoms with Crippen molar-refractivity contribution < 1.29 is 9.53 Å². The van der Waals surface area contributed by atoms with Crippen molar-refractivity contribution in [2.24, 2.45) is 0 Å². The summed E-state index contributed by atoms with van der Waals surface area (Å²) in [6, 6.07) is 14.2. The first-order chi connectivity index (χ1) is 15.5. The normalized spacial score (nSPS) is 14.9. The van der Waals surface area contributed by atoms with Crippen molar-refractivity contribution in [3.8, 4) is 17.0 Å². The van der Waals surface area contributed by atoms with E-state index in [-0.39, 0.29) is 12.0 Å². The van der Waals surface area contributed by atoms with Gasteiger partial charge in [0.1, 0.15) is 11.9 Å². The van der Waals surface area contributed by atoms with E-state index in [1.165, 1.54) is 0 Å². The number of hydrogen-bond acceptors (Lipinski definition) is 4. The molecule has 1 aliphatic heterocycles. The smallest absolute Gasteiger partial charge is 0.224 e. The molecule has 0 unspecified atom stereocenters. The van der Waals surface area contributed by atoms with Gasteiger partial charge in [-0.3, -0.25) is 9.78 Å². The Kier molecular flexibility index (Phi) is 5.13. The Balaban J connectivity index is 1.23. The van der Waals surface area contributed by atoms with Gasteiger partial charge in [-0.25, -0.2) is 4.98 Å². The summed E-state index contributed by atoms with van der Waals surface area (Å²) in [4.78, 5) is 25.1. The highest BCUT2D eigenvalue weighted by Crippen LogP contribution is 2.33. The predicted octanol–water partition coefficient (Wildman–Crippen LogP) is 4.21. The number of H-pyrrole nitrogens is 1. The van der Waals surface area contributed by atoms with Crippen LogP contribution in [-0.4, -0.2) is 33.5 Å². The van der Waals surface area contributed by atoms with Gasteiger partial charge in [0.15, 0.2) is 0 Å². The van der Waals surface area contributed by atoms with Gasteiger partial charge in [0, 0.05) is 34.8 Å². The molecule has 0 bridgehead atoms. The fourth-order valence-electron chi connectivity index (χ4n) is 4.41. The summed E-state index contributed by atoms with van der Waals surface area (Å²) in [5, 5.41) is 4.16. The molecule has 2 aromatic carbocycles. The minimum absolute atomic E-state index is 0.00348. The number of aromatic nitrogens is 3. The minimum Gasteiger partial charge on any atom is -0.488 e. The number of carbonyl (C=O) groups is 1. The van der Waals surface area contributed by atoms with E-state index in [0.717, 1.165) is 62.5 Å². The standard InChI is InChI=1S/C26H26N4O2/c1-15-13-27-17(3)26(29-15)18-8-9-24-19(10-18)11-20(32-24)14-28-25(31)12-22-16(2)30-23-7-5-4-6-21(22)23/h4-10,13,20,30H,11-12,14H2,1-3H3,(H,28,31)/t20-/m0/s1. The van der Waals surface area contributed by atoms with Crippen LogP contribution in [0.4, 0.5) is 0 Å². The highest BCUT2D eigenvalue weighted by Gasteiger charge is 2.24. The largest absolute Gasteiger partial charge is 0.488 e. The zero-order valence-electron chi connectivity index (χ0n) is 18.5. The quantitative estimate of drug-likeness (QED) is 0.501. The zero-order valence-corrected chi connectivity index (χ0v) is 18.5. The molecule has 6 nitrogen and oxygen atoms in total. The highest BCUT2D eigenvalue weighted by atomic mass is 16.5. The van der Waals surface area contributed by atoms with Crippen molar-refractivity contribution in [1.82, 2.24) is 20.3 Å². The summed E-state index contributed by atoms with van der Waals surface area (Å²) >= 11 is 0. The van der Waals surface area contributed by atoms with E-state index < -0.39 is 0 Å². The maximum absolute atomic E-state index is 12.6. The highest BCUT2D eigenvalue weighted by molar-refractivity contribution is 5.90. The third-order valence-electron chi connectivity index (χ3n) is 6.04. The van der Waals surface area contributed by atoms with Crippen LogP contribution in [0.25, 0.3) is 22.2 Å². The van der Waals surface area contributed by atoms with Crippen LogP contribution in [0.15, 0.2) is 48.7 Å². The lowest BCUT2D eigenvalue weighted by molar-refractivity contribution is -0.120. The van der Waals surface area contributed by atoms with Crippen molar-refractivity contribution in [2.75, 3.05) is 6.54 Å². The molecule has 162 valence electrons. The molecular formula is C26H26N4O2. The van der Waals surface area contributed by atoms with Gasteiger partial charge in [0.2, 0.25) is 5.91 Å². The number of aromatic amines is 1. The number of nitrogens with zero attached hydrogens (tertiary/aromatic N) is 2. The van der Waals surface area contributed by atoms with Gasteiger partial charge in [-0.05, 0) is 56.2 Å². The topological polar surface area (TPSA) is 79.9 Å². The van der Waals surface area contributed by atoms with Crippen LogP contribution >= 0.6 is 0 Å². The van der Waals surface area contributed by atoms with Crippen LogP contribution in [0.2, 0.25) is 0 Å². The van der Waals surface area contributed by atoms with Gasteiger partial charge < -0.3 is 15.0 Å². The molecular weight excluding hydrogens is 400 g/mol. The SMILES string of the molecule is Cc1cnc(C)c(-c2ccc3c(c2)C[C@@H](CNC(=O)Cc2c(C)[nH]c4ccccc24)O3)n1. The molecule has 1 amide bonds. The van der Waals surface area contributed by atoms with Gasteiger partial charge in [-0.2, -0.15) is 0 Å². The van der Waals surface area contributed by atoms with Crippen molar-refractivity contribution in [3.05, 3.63) is 76.9 Å². The number of para-hydroxylation sites is 1. The van der Waals surface area contributed by atoms with E-state index in [4.69, 9.17) is 4.74 Å². The number of nitrogens with one attached hydrogen (secondary N) is 2. The molecule has 2 N–H and O–H groups in total. The summed E-state index contributed by atoms with van der Waals surface area (Å²) in [7, 11) is 0. The maximum Gasteiger partial charge on any atom is 0.224 e. The average molecular weight is 427 g/mol. The Morgan fingerprint density at radius 2 is 2.03 bits per heavy atom. The molecule has 0 aliphatic carbocycles. The first kappa shape index (κ1) is 20.2. The van der Waals surface area contributed by atoms with Crippen LogP contribution in [0.5, 0.6) is 5.75 Å². The second kappa shape index (κ2) is 8.11. The van der Waals surface area contributed by atoms with Crippen molar-refractivity contribution in [1.29, 1.82) is 0 Å². The first-order valence-corrected chi connectivity index (χ1v) is 10.9. The third-order valence-corrected chi connectivity index (χ3v) is 6.04. The number of benzene rings is 2. The molecule has 0 spiro atoms. The van der Waals surface area contributed by atoms with Gasteiger partial charge >= 0.3 is 0 Å². The predicted molar refractivity (Wildman–Crippen MR) is 125 cm³/mol. The van der Waals surface area contributed by atoms with Crippen LogP contribution in [0, 0.1) is 20.8 Å². The molecule has 1 aliphatic rings. The number of fused-ring (bicyclic) bond motifs is 2. The minimum atomic E-state index is -0.0713. The molecule has 3 heterocycles.